The molecule has 4 aliphatic rings. The maximum Gasteiger partial charge on any atom is 0.0626 e. The summed E-state index contributed by atoms with van der Waals surface area (Å²) in [5, 5.41) is 21.3. The zero-order valence-electron chi connectivity index (χ0n) is 19.6. The molecule has 0 radical (unpaired) electrons. The molecule has 29 heavy (non-hydrogen) atoms. The Morgan fingerprint density at radius 1 is 0.931 bits per heavy atom. The van der Waals surface area contributed by atoms with E-state index >= 15 is 0 Å². The minimum absolute atomic E-state index is 0.0407. The van der Waals surface area contributed by atoms with Crippen LogP contribution >= 0.6 is 0 Å². The van der Waals surface area contributed by atoms with E-state index in [1.807, 2.05) is 0 Å². The molecule has 2 N–H and O–H groups in total. The molecule has 3 fully saturated rings. The molecular formula is C27H46O2. The lowest BCUT2D eigenvalue weighted by Crippen LogP contribution is -2.57. The van der Waals surface area contributed by atoms with Crippen molar-refractivity contribution in [1.82, 2.24) is 0 Å². The zero-order chi connectivity index (χ0) is 21.0. The van der Waals surface area contributed by atoms with Crippen molar-refractivity contribution in [3.63, 3.8) is 0 Å². The molecule has 3 saturated carbocycles. The van der Waals surface area contributed by atoms with E-state index in [0.717, 1.165) is 30.1 Å². The zero-order valence-corrected chi connectivity index (χ0v) is 19.6. The van der Waals surface area contributed by atoms with Gasteiger partial charge in [-0.3, -0.25) is 0 Å². The van der Waals surface area contributed by atoms with Crippen LogP contribution in [0.1, 0.15) is 92.4 Å². The topological polar surface area (TPSA) is 40.5 Å². The average molecular weight is 403 g/mol. The minimum Gasteiger partial charge on any atom is -0.393 e. The molecule has 0 spiro atoms. The van der Waals surface area contributed by atoms with Gasteiger partial charge in [-0.25, -0.2) is 0 Å². The molecule has 0 aromatic rings. The highest BCUT2D eigenvalue weighted by atomic mass is 16.3. The summed E-state index contributed by atoms with van der Waals surface area (Å²) in [6.07, 6.45) is 15.2. The Morgan fingerprint density at radius 2 is 1.69 bits per heavy atom. The molecule has 1 unspecified atom stereocenters. The second-order valence-electron chi connectivity index (χ2n) is 12.3. The van der Waals surface area contributed by atoms with Gasteiger partial charge in [-0.15, -0.1) is 0 Å². The van der Waals surface area contributed by atoms with Crippen molar-refractivity contribution in [2.75, 3.05) is 0 Å². The van der Waals surface area contributed by atoms with E-state index in [4.69, 9.17) is 0 Å². The van der Waals surface area contributed by atoms with Crippen molar-refractivity contribution >= 4 is 0 Å². The summed E-state index contributed by atoms with van der Waals surface area (Å²) in [6, 6.07) is 0. The molecular weight excluding hydrogens is 356 g/mol. The van der Waals surface area contributed by atoms with Crippen molar-refractivity contribution in [2.24, 2.45) is 52.3 Å². The van der Waals surface area contributed by atoms with E-state index in [0.29, 0.717) is 29.6 Å². The van der Waals surface area contributed by atoms with Gasteiger partial charge in [-0.05, 0) is 85.4 Å². The standard InChI is InChI=1S/C27H46O2/c1-17(2)7-6-8-18(3)22-11-12-23-21-10-9-19-15-20(28)16-25(29)27(19,5)24(21)13-14-26(22,23)4/h9-10,17-25,28-29H,6-8,11-16H2,1-5H3/t18-,19?,20+,21+,22-,23+,24+,25+,26-,27+/m1/s1. The van der Waals surface area contributed by atoms with Gasteiger partial charge in [-0.2, -0.15) is 0 Å². The first-order valence-electron chi connectivity index (χ1n) is 12.7. The van der Waals surface area contributed by atoms with Gasteiger partial charge < -0.3 is 10.2 Å². The van der Waals surface area contributed by atoms with Gasteiger partial charge in [0.25, 0.3) is 0 Å². The fourth-order valence-corrected chi connectivity index (χ4v) is 8.69. The van der Waals surface area contributed by atoms with E-state index in [9.17, 15) is 10.2 Å². The number of aliphatic hydroxyl groups is 2. The number of allylic oxidation sites excluding steroid dienone is 2. The van der Waals surface area contributed by atoms with E-state index < -0.39 is 0 Å². The van der Waals surface area contributed by atoms with Crippen LogP contribution in [0.2, 0.25) is 0 Å². The molecule has 4 rings (SSSR count). The Morgan fingerprint density at radius 3 is 2.41 bits per heavy atom. The quantitative estimate of drug-likeness (QED) is 0.536. The molecule has 0 aromatic carbocycles. The minimum atomic E-state index is -0.356. The van der Waals surface area contributed by atoms with Crippen LogP contribution in [0.15, 0.2) is 12.2 Å². The van der Waals surface area contributed by atoms with Crippen LogP contribution in [0.25, 0.3) is 0 Å². The third-order valence-corrected chi connectivity index (χ3v) is 10.4. The summed E-state index contributed by atoms with van der Waals surface area (Å²) in [7, 11) is 0. The first-order chi connectivity index (χ1) is 13.7. The van der Waals surface area contributed by atoms with Crippen LogP contribution in [0.4, 0.5) is 0 Å². The fraction of sp³-hybridized carbons (Fsp3) is 0.926. The van der Waals surface area contributed by atoms with Gasteiger partial charge >= 0.3 is 0 Å². The van der Waals surface area contributed by atoms with Crippen molar-refractivity contribution in [2.45, 2.75) is 105 Å². The van der Waals surface area contributed by atoms with Gasteiger partial charge in [-0.1, -0.05) is 66.0 Å². The lowest BCUT2D eigenvalue weighted by molar-refractivity contribution is -0.145. The molecule has 10 atom stereocenters. The van der Waals surface area contributed by atoms with Crippen LogP contribution < -0.4 is 0 Å². The summed E-state index contributed by atoms with van der Waals surface area (Å²) in [6.45, 7) is 12.2. The van der Waals surface area contributed by atoms with Gasteiger partial charge in [0.1, 0.15) is 0 Å². The average Bonchev–Trinajstić information content (AvgIpc) is 3.00. The predicted octanol–water partition coefficient (Wildman–Crippen LogP) is 6.22. The Bertz CT molecular complexity index is 612. The molecule has 0 aromatic heterocycles. The summed E-state index contributed by atoms with van der Waals surface area (Å²) in [5.41, 5.74) is 0.437. The largest absolute Gasteiger partial charge is 0.393 e. The first-order valence-corrected chi connectivity index (χ1v) is 12.7. The van der Waals surface area contributed by atoms with E-state index in [2.05, 4.69) is 46.8 Å². The monoisotopic (exact) mass is 402 g/mol. The normalized spacial score (nSPS) is 50.1. The van der Waals surface area contributed by atoms with Crippen LogP contribution in [0.3, 0.4) is 0 Å². The van der Waals surface area contributed by atoms with Crippen molar-refractivity contribution in [3.8, 4) is 0 Å². The molecule has 0 saturated heterocycles. The van der Waals surface area contributed by atoms with Crippen LogP contribution in [0.5, 0.6) is 0 Å². The molecule has 0 heterocycles. The van der Waals surface area contributed by atoms with Crippen LogP contribution in [0, 0.1) is 52.3 Å². The summed E-state index contributed by atoms with van der Waals surface area (Å²) in [5.74, 6) is 4.89. The highest BCUT2D eigenvalue weighted by Gasteiger charge is 2.61. The third-order valence-electron chi connectivity index (χ3n) is 10.4. The number of fused-ring (bicyclic) bond motifs is 5. The Balaban J connectivity index is 1.52. The smallest absolute Gasteiger partial charge is 0.0626 e. The molecule has 166 valence electrons. The van der Waals surface area contributed by atoms with Gasteiger partial charge in [0.2, 0.25) is 0 Å². The van der Waals surface area contributed by atoms with E-state index in [-0.39, 0.29) is 17.6 Å². The number of hydrogen-bond acceptors (Lipinski definition) is 2. The van der Waals surface area contributed by atoms with Gasteiger partial charge in [0, 0.05) is 5.41 Å². The lowest BCUT2D eigenvalue weighted by atomic mass is 9.45. The lowest BCUT2D eigenvalue weighted by Gasteiger charge is -2.60. The van der Waals surface area contributed by atoms with E-state index in [1.54, 1.807) is 0 Å². The van der Waals surface area contributed by atoms with Gasteiger partial charge in [0.05, 0.1) is 12.2 Å². The predicted molar refractivity (Wildman–Crippen MR) is 120 cm³/mol. The maximum absolute atomic E-state index is 11.1. The van der Waals surface area contributed by atoms with E-state index in [1.165, 1.54) is 44.9 Å². The molecule has 0 bridgehead atoms. The Labute approximate surface area is 179 Å². The highest BCUT2D eigenvalue weighted by Crippen LogP contribution is 2.67. The summed E-state index contributed by atoms with van der Waals surface area (Å²) >= 11 is 0. The van der Waals surface area contributed by atoms with Crippen molar-refractivity contribution in [3.05, 3.63) is 12.2 Å². The van der Waals surface area contributed by atoms with Crippen molar-refractivity contribution < 1.29 is 10.2 Å². The summed E-state index contributed by atoms with van der Waals surface area (Å²) < 4.78 is 0. The Hall–Kier alpha value is -0.340. The molecule has 0 amide bonds. The third kappa shape index (κ3) is 3.55. The van der Waals surface area contributed by atoms with Crippen molar-refractivity contribution in [1.29, 1.82) is 0 Å². The molecule has 2 nitrogen and oxygen atoms in total. The molecule has 0 aliphatic heterocycles. The second kappa shape index (κ2) is 7.97. The number of aliphatic hydroxyl groups excluding tert-OH is 2. The SMILES string of the molecule is CC(C)CCC[C@@H](C)[C@H]1CC[C@H]2[C@@H]3C=CC4C[C@H](O)C[C@H](O)[C@]4(C)[C@H]3CC[C@]12C. The molecule has 2 heteroatoms. The van der Waals surface area contributed by atoms with Gasteiger partial charge in [0.15, 0.2) is 0 Å². The second-order valence-corrected chi connectivity index (χ2v) is 12.3. The molecule has 4 aliphatic carbocycles. The first kappa shape index (κ1) is 21.9. The maximum atomic E-state index is 11.1. The number of hydrogen-bond donors (Lipinski definition) is 2. The fourth-order valence-electron chi connectivity index (χ4n) is 8.69. The summed E-state index contributed by atoms with van der Waals surface area (Å²) in [4.78, 5) is 0. The Kier molecular flexibility index (Phi) is 6.01. The van der Waals surface area contributed by atoms with Crippen LogP contribution in [-0.2, 0) is 0 Å². The van der Waals surface area contributed by atoms with Crippen LogP contribution in [-0.4, -0.2) is 22.4 Å². The highest BCUT2D eigenvalue weighted by molar-refractivity contribution is 5.19. The number of rotatable bonds is 5.